The van der Waals surface area contributed by atoms with Gasteiger partial charge in [-0.2, -0.15) is 0 Å². The van der Waals surface area contributed by atoms with E-state index in [2.05, 4.69) is 0 Å². The van der Waals surface area contributed by atoms with Gasteiger partial charge in [-0.1, -0.05) is 67.6 Å². The van der Waals surface area contributed by atoms with Crippen molar-refractivity contribution in [3.05, 3.63) is 71.8 Å². The maximum absolute atomic E-state index is 12.0. The Bertz CT molecular complexity index is 564. The topological polar surface area (TPSA) is 34.1 Å². The predicted octanol–water partition coefficient (Wildman–Crippen LogP) is 3.25. The van der Waals surface area contributed by atoms with Gasteiger partial charge >= 0.3 is 0 Å². The maximum Gasteiger partial charge on any atom is 0.150 e. The van der Waals surface area contributed by atoms with E-state index in [-0.39, 0.29) is 17.4 Å². The van der Waals surface area contributed by atoms with Crippen molar-refractivity contribution in [2.45, 2.75) is 12.8 Å². The highest BCUT2D eigenvalue weighted by Gasteiger charge is 2.20. The van der Waals surface area contributed by atoms with Crippen LogP contribution in [-0.4, -0.2) is 19.9 Å². The molecular formula is C16H18O2S. The van der Waals surface area contributed by atoms with Gasteiger partial charge in [0.25, 0.3) is 0 Å². The molecule has 0 bridgehead atoms. The standard InChI is InChI=1S/C16H18O2S/c1-2-19(17,18)13-16(14-9-5-3-6-10-14)15-11-7-4-8-12-15/h3-12,16H,2,13H2,1H3. The summed E-state index contributed by atoms with van der Waals surface area (Å²) in [6, 6.07) is 19.6. The van der Waals surface area contributed by atoms with Crippen LogP contribution in [0.4, 0.5) is 0 Å². The zero-order chi connectivity index (χ0) is 13.7. The summed E-state index contributed by atoms with van der Waals surface area (Å²) in [5.74, 6) is 0.257. The molecular weight excluding hydrogens is 256 g/mol. The smallest absolute Gasteiger partial charge is 0.150 e. The molecule has 0 N–H and O–H groups in total. The second kappa shape index (κ2) is 6.02. The SMILES string of the molecule is CCS(=O)(=O)CC(c1ccccc1)c1ccccc1. The molecule has 2 rings (SSSR count). The van der Waals surface area contributed by atoms with Crippen LogP contribution in [0.25, 0.3) is 0 Å². The fourth-order valence-electron chi connectivity index (χ4n) is 2.13. The van der Waals surface area contributed by atoms with E-state index in [4.69, 9.17) is 0 Å². The largest absolute Gasteiger partial charge is 0.229 e. The van der Waals surface area contributed by atoms with E-state index < -0.39 is 9.84 Å². The van der Waals surface area contributed by atoms with Crippen LogP contribution < -0.4 is 0 Å². The minimum absolute atomic E-state index is 0.0904. The first kappa shape index (κ1) is 13.8. The van der Waals surface area contributed by atoms with Gasteiger partial charge in [0, 0.05) is 11.7 Å². The highest BCUT2D eigenvalue weighted by Crippen LogP contribution is 2.26. The molecule has 2 aromatic carbocycles. The second-order valence-corrected chi connectivity index (χ2v) is 6.97. The third-order valence-electron chi connectivity index (χ3n) is 3.26. The van der Waals surface area contributed by atoms with Gasteiger partial charge in [-0.25, -0.2) is 8.42 Å². The molecule has 19 heavy (non-hydrogen) atoms. The van der Waals surface area contributed by atoms with Crippen LogP contribution in [-0.2, 0) is 9.84 Å². The van der Waals surface area contributed by atoms with Gasteiger partial charge in [0.15, 0.2) is 9.84 Å². The summed E-state index contributed by atoms with van der Waals surface area (Å²) in [7, 11) is -3.02. The summed E-state index contributed by atoms with van der Waals surface area (Å²) in [5, 5.41) is 0. The third kappa shape index (κ3) is 3.67. The molecule has 0 saturated carbocycles. The molecule has 0 amide bonds. The van der Waals surface area contributed by atoms with Crippen molar-refractivity contribution < 1.29 is 8.42 Å². The monoisotopic (exact) mass is 274 g/mol. The van der Waals surface area contributed by atoms with E-state index in [1.807, 2.05) is 60.7 Å². The molecule has 0 aliphatic heterocycles. The summed E-state index contributed by atoms with van der Waals surface area (Å²) in [6.07, 6.45) is 0. The molecule has 0 fully saturated rings. The highest BCUT2D eigenvalue weighted by atomic mass is 32.2. The van der Waals surface area contributed by atoms with Crippen LogP contribution in [0.15, 0.2) is 60.7 Å². The zero-order valence-electron chi connectivity index (χ0n) is 11.0. The Kier molecular flexibility index (Phi) is 4.38. The zero-order valence-corrected chi connectivity index (χ0v) is 11.8. The average Bonchev–Trinajstić information content (AvgIpc) is 2.47. The molecule has 0 saturated heterocycles. The van der Waals surface area contributed by atoms with Crippen molar-refractivity contribution in [3.63, 3.8) is 0 Å². The summed E-state index contributed by atoms with van der Waals surface area (Å²) in [4.78, 5) is 0. The van der Waals surface area contributed by atoms with Gasteiger partial charge in [-0.05, 0) is 11.1 Å². The number of benzene rings is 2. The maximum atomic E-state index is 12.0. The lowest BCUT2D eigenvalue weighted by Gasteiger charge is -2.17. The van der Waals surface area contributed by atoms with Crippen molar-refractivity contribution in [2.24, 2.45) is 0 Å². The summed E-state index contributed by atoms with van der Waals surface area (Å²) in [5.41, 5.74) is 2.09. The van der Waals surface area contributed by atoms with Crippen LogP contribution >= 0.6 is 0 Å². The molecule has 0 radical (unpaired) electrons. The molecule has 2 nitrogen and oxygen atoms in total. The summed E-state index contributed by atoms with van der Waals surface area (Å²) < 4.78 is 23.9. The molecule has 0 unspecified atom stereocenters. The Morgan fingerprint density at radius 1 is 0.842 bits per heavy atom. The Hall–Kier alpha value is -1.61. The van der Waals surface area contributed by atoms with E-state index in [0.717, 1.165) is 11.1 Å². The van der Waals surface area contributed by atoms with Gasteiger partial charge < -0.3 is 0 Å². The van der Waals surface area contributed by atoms with Crippen LogP contribution in [0.5, 0.6) is 0 Å². The number of hydrogen-bond donors (Lipinski definition) is 0. The molecule has 0 aliphatic carbocycles. The average molecular weight is 274 g/mol. The van der Waals surface area contributed by atoms with Crippen LogP contribution in [0, 0.1) is 0 Å². The molecule has 0 heterocycles. The Balaban J connectivity index is 2.40. The number of hydrogen-bond acceptors (Lipinski definition) is 2. The summed E-state index contributed by atoms with van der Waals surface area (Å²) in [6.45, 7) is 1.70. The van der Waals surface area contributed by atoms with Crippen molar-refractivity contribution in [3.8, 4) is 0 Å². The lowest BCUT2D eigenvalue weighted by Crippen LogP contribution is -2.17. The first-order chi connectivity index (χ1) is 9.12. The normalized spacial score (nSPS) is 11.7. The quantitative estimate of drug-likeness (QED) is 0.838. The van der Waals surface area contributed by atoms with Crippen molar-refractivity contribution >= 4 is 9.84 Å². The first-order valence-corrected chi connectivity index (χ1v) is 8.25. The lowest BCUT2D eigenvalue weighted by molar-refractivity contribution is 0.593. The van der Waals surface area contributed by atoms with Gasteiger partial charge in [0.05, 0.1) is 5.75 Å². The van der Waals surface area contributed by atoms with Gasteiger partial charge in [-0.3, -0.25) is 0 Å². The first-order valence-electron chi connectivity index (χ1n) is 6.42. The fraction of sp³-hybridized carbons (Fsp3) is 0.250. The van der Waals surface area contributed by atoms with Crippen molar-refractivity contribution in [1.82, 2.24) is 0 Å². The van der Waals surface area contributed by atoms with E-state index in [0.29, 0.717) is 0 Å². The van der Waals surface area contributed by atoms with E-state index >= 15 is 0 Å². The van der Waals surface area contributed by atoms with Crippen LogP contribution in [0.2, 0.25) is 0 Å². The predicted molar refractivity (Wildman–Crippen MR) is 79.1 cm³/mol. The van der Waals surface area contributed by atoms with E-state index in [1.165, 1.54) is 0 Å². The van der Waals surface area contributed by atoms with E-state index in [9.17, 15) is 8.42 Å². The molecule has 2 aromatic rings. The Labute approximate surface area is 115 Å². The molecule has 100 valence electrons. The van der Waals surface area contributed by atoms with Gasteiger partial charge in [0.1, 0.15) is 0 Å². The molecule has 3 heteroatoms. The highest BCUT2D eigenvalue weighted by molar-refractivity contribution is 7.91. The van der Waals surface area contributed by atoms with Crippen LogP contribution in [0.3, 0.4) is 0 Å². The minimum Gasteiger partial charge on any atom is -0.229 e. The van der Waals surface area contributed by atoms with Gasteiger partial charge in [-0.15, -0.1) is 0 Å². The summed E-state index contributed by atoms with van der Waals surface area (Å²) >= 11 is 0. The van der Waals surface area contributed by atoms with Crippen molar-refractivity contribution in [1.29, 1.82) is 0 Å². The molecule has 0 atom stereocenters. The van der Waals surface area contributed by atoms with Crippen molar-refractivity contribution in [2.75, 3.05) is 11.5 Å². The van der Waals surface area contributed by atoms with Gasteiger partial charge in [0.2, 0.25) is 0 Å². The number of sulfone groups is 1. The Morgan fingerprint density at radius 2 is 1.26 bits per heavy atom. The Morgan fingerprint density at radius 3 is 1.63 bits per heavy atom. The molecule has 0 aliphatic rings. The minimum atomic E-state index is -3.02. The lowest BCUT2D eigenvalue weighted by atomic mass is 9.93. The number of rotatable bonds is 5. The van der Waals surface area contributed by atoms with E-state index in [1.54, 1.807) is 6.92 Å². The fourth-order valence-corrected chi connectivity index (χ4v) is 3.26. The van der Waals surface area contributed by atoms with Crippen LogP contribution in [0.1, 0.15) is 24.0 Å². The molecule has 0 aromatic heterocycles. The second-order valence-electron chi connectivity index (χ2n) is 4.57. The molecule has 0 spiro atoms. The third-order valence-corrected chi connectivity index (χ3v) is 4.99.